The van der Waals surface area contributed by atoms with Crippen LogP contribution >= 0.6 is 0 Å². The second kappa shape index (κ2) is 6.17. The molecule has 5 heteroatoms. The van der Waals surface area contributed by atoms with E-state index >= 15 is 0 Å². The molecule has 2 rings (SSSR count). The third-order valence-corrected chi connectivity index (χ3v) is 3.05. The van der Waals surface area contributed by atoms with E-state index in [9.17, 15) is 4.79 Å². The zero-order chi connectivity index (χ0) is 15.4. The second-order valence-corrected chi connectivity index (χ2v) is 4.61. The van der Waals surface area contributed by atoms with Gasteiger partial charge in [0.15, 0.2) is 0 Å². The quantitative estimate of drug-likeness (QED) is 0.830. The molecule has 1 aromatic heterocycles. The summed E-state index contributed by atoms with van der Waals surface area (Å²) in [6.07, 6.45) is 0. The van der Waals surface area contributed by atoms with Crippen LogP contribution in [0.1, 0.15) is 27.4 Å². The lowest BCUT2D eigenvalue weighted by atomic mass is 10.2. The first-order chi connectivity index (χ1) is 10.0. The number of hydrogen-bond donors (Lipinski definition) is 2. The molecule has 1 amide bonds. The van der Waals surface area contributed by atoms with Gasteiger partial charge in [-0.2, -0.15) is 0 Å². The topological polar surface area (TPSA) is 63.5 Å². The van der Waals surface area contributed by atoms with Crippen LogP contribution in [0.15, 0.2) is 41.3 Å². The highest BCUT2D eigenvalue weighted by molar-refractivity contribution is 5.95. The Hall–Kier alpha value is -2.69. The Bertz CT molecular complexity index is 657. The summed E-state index contributed by atoms with van der Waals surface area (Å²) >= 11 is 0. The summed E-state index contributed by atoms with van der Waals surface area (Å²) in [7, 11) is 1.61. The number of furan rings is 1. The maximum Gasteiger partial charge on any atom is 0.273 e. The molecule has 0 aliphatic rings. The summed E-state index contributed by atoms with van der Waals surface area (Å²) in [5.74, 6) is 1.78. The molecule has 110 valence electrons. The number of hydrazine groups is 1. The average molecular weight is 286 g/mol. The molecular weight excluding hydrogens is 268 g/mol. The highest BCUT2D eigenvalue weighted by Gasteiger charge is 2.13. The smallest absolute Gasteiger partial charge is 0.273 e. The third kappa shape index (κ3) is 3.45. The maximum absolute atomic E-state index is 12.0. The SMILES string of the molecule is C=C(NNC(=O)c1cc(C)oc1C)c1ccc(OC)cc1. The van der Waals surface area contributed by atoms with Crippen molar-refractivity contribution in [2.24, 2.45) is 0 Å². The number of nitrogens with one attached hydrogen (secondary N) is 2. The standard InChI is InChI=1S/C16H18N2O3/c1-10-9-15(12(3)21-10)16(19)18-17-11(2)13-5-7-14(20-4)8-6-13/h5-9,17H,2H2,1,3-4H3,(H,18,19). The summed E-state index contributed by atoms with van der Waals surface area (Å²) in [5.41, 5.74) is 7.34. The van der Waals surface area contributed by atoms with Gasteiger partial charge in [0.2, 0.25) is 0 Å². The lowest BCUT2D eigenvalue weighted by Gasteiger charge is -2.11. The van der Waals surface area contributed by atoms with Crippen LogP contribution in [0, 0.1) is 13.8 Å². The normalized spacial score (nSPS) is 10.0. The van der Waals surface area contributed by atoms with Gasteiger partial charge in [-0.3, -0.25) is 15.6 Å². The van der Waals surface area contributed by atoms with E-state index in [0.29, 0.717) is 22.8 Å². The summed E-state index contributed by atoms with van der Waals surface area (Å²) in [5, 5.41) is 0. The molecule has 0 saturated heterocycles. The molecule has 0 unspecified atom stereocenters. The van der Waals surface area contributed by atoms with Gasteiger partial charge in [0, 0.05) is 0 Å². The molecule has 0 saturated carbocycles. The molecule has 0 aliphatic carbocycles. The number of methoxy groups -OCH3 is 1. The van der Waals surface area contributed by atoms with Crippen LogP contribution in [0.4, 0.5) is 0 Å². The van der Waals surface area contributed by atoms with E-state index in [0.717, 1.165) is 11.3 Å². The average Bonchev–Trinajstić information content (AvgIpc) is 2.83. The Labute approximate surface area is 123 Å². The van der Waals surface area contributed by atoms with Crippen LogP contribution in [-0.4, -0.2) is 13.0 Å². The molecule has 5 nitrogen and oxygen atoms in total. The van der Waals surface area contributed by atoms with Crippen LogP contribution in [0.2, 0.25) is 0 Å². The first-order valence-electron chi connectivity index (χ1n) is 6.48. The predicted molar refractivity (Wildman–Crippen MR) is 80.8 cm³/mol. The van der Waals surface area contributed by atoms with Crippen molar-refractivity contribution < 1.29 is 13.9 Å². The Morgan fingerprint density at radius 1 is 1.19 bits per heavy atom. The highest BCUT2D eigenvalue weighted by atomic mass is 16.5. The lowest BCUT2D eigenvalue weighted by molar-refractivity contribution is 0.0941. The molecule has 0 radical (unpaired) electrons. The van der Waals surface area contributed by atoms with Crippen LogP contribution in [0.25, 0.3) is 5.70 Å². The van der Waals surface area contributed by atoms with E-state index in [1.54, 1.807) is 27.0 Å². The number of ether oxygens (including phenoxy) is 1. The Balaban J connectivity index is 1.97. The van der Waals surface area contributed by atoms with Crippen LogP contribution in [-0.2, 0) is 0 Å². The van der Waals surface area contributed by atoms with E-state index in [4.69, 9.17) is 9.15 Å². The van der Waals surface area contributed by atoms with E-state index in [1.807, 2.05) is 24.3 Å². The number of carbonyl (C=O) groups is 1. The van der Waals surface area contributed by atoms with Gasteiger partial charge in [0.05, 0.1) is 18.4 Å². The minimum atomic E-state index is -0.265. The molecule has 2 N–H and O–H groups in total. The van der Waals surface area contributed by atoms with E-state index in [-0.39, 0.29) is 5.91 Å². The predicted octanol–water partition coefficient (Wildman–Crippen LogP) is 2.81. The van der Waals surface area contributed by atoms with Gasteiger partial charge >= 0.3 is 0 Å². The number of aryl methyl sites for hydroxylation is 2. The molecule has 1 heterocycles. The Morgan fingerprint density at radius 3 is 2.38 bits per heavy atom. The monoisotopic (exact) mass is 286 g/mol. The zero-order valence-electron chi connectivity index (χ0n) is 12.3. The second-order valence-electron chi connectivity index (χ2n) is 4.61. The number of benzene rings is 1. The van der Waals surface area contributed by atoms with Crippen molar-refractivity contribution in [3.63, 3.8) is 0 Å². The van der Waals surface area contributed by atoms with Crippen LogP contribution in [0.5, 0.6) is 5.75 Å². The maximum atomic E-state index is 12.0. The van der Waals surface area contributed by atoms with Gasteiger partial charge < -0.3 is 9.15 Å². The first kappa shape index (κ1) is 14.7. The van der Waals surface area contributed by atoms with E-state index < -0.39 is 0 Å². The highest BCUT2D eigenvalue weighted by Crippen LogP contribution is 2.16. The number of hydrogen-bond acceptors (Lipinski definition) is 4. The molecule has 0 aliphatic heterocycles. The van der Waals surface area contributed by atoms with E-state index in [2.05, 4.69) is 17.4 Å². The van der Waals surface area contributed by atoms with E-state index in [1.165, 1.54) is 0 Å². The van der Waals surface area contributed by atoms with Crippen molar-refractivity contribution in [2.45, 2.75) is 13.8 Å². The van der Waals surface area contributed by atoms with Crippen molar-refractivity contribution in [1.29, 1.82) is 0 Å². The molecule has 0 spiro atoms. The largest absolute Gasteiger partial charge is 0.497 e. The number of rotatable bonds is 5. The first-order valence-corrected chi connectivity index (χ1v) is 6.48. The van der Waals surface area contributed by atoms with Crippen molar-refractivity contribution in [2.75, 3.05) is 7.11 Å². The minimum absolute atomic E-state index is 0.265. The summed E-state index contributed by atoms with van der Waals surface area (Å²) in [4.78, 5) is 12.0. The molecule has 21 heavy (non-hydrogen) atoms. The molecule has 0 atom stereocenters. The Morgan fingerprint density at radius 2 is 1.86 bits per heavy atom. The van der Waals surface area contributed by atoms with Crippen LogP contribution < -0.4 is 15.6 Å². The van der Waals surface area contributed by atoms with Gasteiger partial charge in [-0.1, -0.05) is 6.58 Å². The fourth-order valence-electron chi connectivity index (χ4n) is 1.92. The van der Waals surface area contributed by atoms with Crippen molar-refractivity contribution in [3.05, 3.63) is 59.6 Å². The zero-order valence-corrected chi connectivity index (χ0v) is 12.3. The molecule has 0 bridgehead atoms. The Kier molecular flexibility index (Phi) is 4.33. The lowest BCUT2D eigenvalue weighted by Crippen LogP contribution is -2.35. The molecule has 2 aromatic rings. The number of amides is 1. The third-order valence-electron chi connectivity index (χ3n) is 3.05. The van der Waals surface area contributed by atoms with Gasteiger partial charge in [0.1, 0.15) is 17.3 Å². The van der Waals surface area contributed by atoms with Gasteiger partial charge in [-0.15, -0.1) is 0 Å². The van der Waals surface area contributed by atoms with Crippen molar-refractivity contribution >= 4 is 11.6 Å². The van der Waals surface area contributed by atoms with Crippen LogP contribution in [0.3, 0.4) is 0 Å². The van der Waals surface area contributed by atoms with Gasteiger partial charge in [-0.05, 0) is 49.7 Å². The van der Waals surface area contributed by atoms with Crippen molar-refractivity contribution in [1.82, 2.24) is 10.9 Å². The molecule has 1 aromatic carbocycles. The molecule has 0 fully saturated rings. The summed E-state index contributed by atoms with van der Waals surface area (Å²) < 4.78 is 10.4. The fourth-order valence-corrected chi connectivity index (χ4v) is 1.92. The minimum Gasteiger partial charge on any atom is -0.497 e. The fraction of sp³-hybridized carbons (Fsp3) is 0.188. The number of carbonyl (C=O) groups excluding carboxylic acids is 1. The van der Waals surface area contributed by atoms with Crippen molar-refractivity contribution in [3.8, 4) is 5.75 Å². The summed E-state index contributed by atoms with van der Waals surface area (Å²) in [6.45, 7) is 7.43. The van der Waals surface area contributed by atoms with Gasteiger partial charge in [-0.25, -0.2) is 0 Å². The van der Waals surface area contributed by atoms with Gasteiger partial charge in [0.25, 0.3) is 5.91 Å². The molecular formula is C16H18N2O3. The summed E-state index contributed by atoms with van der Waals surface area (Å²) in [6, 6.07) is 9.06.